The van der Waals surface area contributed by atoms with E-state index in [2.05, 4.69) is 5.32 Å². The van der Waals surface area contributed by atoms with Crippen LogP contribution >= 0.6 is 0 Å². The van der Waals surface area contributed by atoms with Crippen LogP contribution in [0.1, 0.15) is 52.0 Å². The SMILES string of the molecule is CC(C)(C)OC(=O)C[C@@H](CO)NC(=O)[C@@H]1[C@H]2CC[C@H](C2)N1C(=O)OCc1ccccc1. The van der Waals surface area contributed by atoms with Crippen molar-refractivity contribution >= 4 is 18.0 Å². The van der Waals surface area contributed by atoms with Crippen molar-refractivity contribution in [3.63, 3.8) is 0 Å². The number of amides is 2. The molecular weight excluding hydrogens is 400 g/mol. The molecule has 170 valence electrons. The number of aliphatic hydroxyl groups excluding tert-OH is 1. The molecule has 8 heteroatoms. The van der Waals surface area contributed by atoms with Gasteiger partial charge in [0.1, 0.15) is 18.2 Å². The molecule has 1 aliphatic carbocycles. The van der Waals surface area contributed by atoms with Crippen LogP contribution < -0.4 is 5.32 Å². The number of ether oxygens (including phenoxy) is 2. The van der Waals surface area contributed by atoms with Gasteiger partial charge in [-0.2, -0.15) is 0 Å². The van der Waals surface area contributed by atoms with Gasteiger partial charge in [-0.05, 0) is 51.5 Å². The summed E-state index contributed by atoms with van der Waals surface area (Å²) in [6, 6.07) is 7.92. The van der Waals surface area contributed by atoms with Crippen molar-refractivity contribution in [1.29, 1.82) is 0 Å². The summed E-state index contributed by atoms with van der Waals surface area (Å²) in [5.74, 6) is -0.819. The molecule has 0 aromatic heterocycles. The van der Waals surface area contributed by atoms with Crippen LogP contribution in [0.15, 0.2) is 30.3 Å². The van der Waals surface area contributed by atoms with Crippen LogP contribution in [0.2, 0.25) is 0 Å². The number of rotatable bonds is 7. The first-order valence-corrected chi connectivity index (χ1v) is 10.8. The number of fused-ring (bicyclic) bond motifs is 2. The number of likely N-dealkylation sites (tertiary alicyclic amines) is 1. The number of hydrogen-bond donors (Lipinski definition) is 2. The van der Waals surface area contributed by atoms with Gasteiger partial charge in [-0.3, -0.25) is 14.5 Å². The first kappa shape index (κ1) is 23.1. The normalized spacial score (nSPS) is 23.4. The smallest absolute Gasteiger partial charge is 0.411 e. The first-order valence-electron chi connectivity index (χ1n) is 10.8. The van der Waals surface area contributed by atoms with Crippen LogP contribution in [0.5, 0.6) is 0 Å². The molecule has 1 aromatic carbocycles. The highest BCUT2D eigenvalue weighted by atomic mass is 16.6. The standard InChI is InChI=1S/C23H32N2O6/c1-23(2,3)31-19(27)12-17(13-26)24-21(28)20-16-9-10-18(11-16)25(20)22(29)30-14-15-7-5-4-6-8-15/h4-8,16-18,20,26H,9-14H2,1-3H3,(H,24,28)/t16-,17-,18+,20-/m0/s1. The van der Waals surface area contributed by atoms with E-state index in [9.17, 15) is 19.5 Å². The van der Waals surface area contributed by atoms with E-state index in [1.54, 1.807) is 20.8 Å². The Morgan fingerprint density at radius 1 is 1.19 bits per heavy atom. The Kier molecular flexibility index (Phi) is 7.20. The number of nitrogens with one attached hydrogen (secondary N) is 1. The fraction of sp³-hybridized carbons (Fsp3) is 0.609. The van der Waals surface area contributed by atoms with E-state index in [0.29, 0.717) is 0 Å². The first-order chi connectivity index (χ1) is 14.7. The lowest BCUT2D eigenvalue weighted by Crippen LogP contribution is -2.55. The van der Waals surface area contributed by atoms with Crippen molar-refractivity contribution in [1.82, 2.24) is 10.2 Å². The third-order valence-corrected chi connectivity index (χ3v) is 5.67. The van der Waals surface area contributed by atoms with E-state index in [0.717, 1.165) is 24.8 Å². The molecule has 2 aliphatic rings. The molecule has 1 heterocycles. The summed E-state index contributed by atoms with van der Waals surface area (Å²) >= 11 is 0. The largest absolute Gasteiger partial charge is 0.460 e. The van der Waals surface area contributed by atoms with Crippen molar-refractivity contribution in [2.24, 2.45) is 5.92 Å². The molecule has 4 atom stereocenters. The lowest BCUT2D eigenvalue weighted by molar-refractivity contribution is -0.155. The maximum atomic E-state index is 13.0. The average Bonchev–Trinajstić information content (AvgIpc) is 3.32. The van der Waals surface area contributed by atoms with Crippen molar-refractivity contribution in [2.75, 3.05) is 6.61 Å². The topological polar surface area (TPSA) is 105 Å². The van der Waals surface area contributed by atoms with Gasteiger partial charge in [-0.25, -0.2) is 4.79 Å². The number of nitrogens with zero attached hydrogens (tertiary/aromatic N) is 1. The minimum Gasteiger partial charge on any atom is -0.460 e. The summed E-state index contributed by atoms with van der Waals surface area (Å²) in [6.07, 6.45) is 1.81. The Bertz CT molecular complexity index is 791. The van der Waals surface area contributed by atoms with Gasteiger partial charge < -0.3 is 19.9 Å². The molecule has 0 radical (unpaired) electrons. The summed E-state index contributed by atoms with van der Waals surface area (Å²) in [7, 11) is 0. The summed E-state index contributed by atoms with van der Waals surface area (Å²) in [6.45, 7) is 5.01. The highest BCUT2D eigenvalue weighted by Crippen LogP contribution is 2.43. The molecule has 2 bridgehead atoms. The molecule has 31 heavy (non-hydrogen) atoms. The van der Waals surface area contributed by atoms with E-state index in [1.165, 1.54) is 4.90 Å². The van der Waals surface area contributed by atoms with Crippen LogP contribution in [0.4, 0.5) is 4.79 Å². The van der Waals surface area contributed by atoms with Crippen LogP contribution in [-0.2, 0) is 25.7 Å². The van der Waals surface area contributed by atoms with E-state index in [-0.39, 0.29) is 30.9 Å². The van der Waals surface area contributed by atoms with Gasteiger partial charge in [0.2, 0.25) is 5.91 Å². The fourth-order valence-corrected chi connectivity index (χ4v) is 4.41. The lowest BCUT2D eigenvalue weighted by atomic mass is 9.97. The third-order valence-electron chi connectivity index (χ3n) is 5.67. The second-order valence-electron chi connectivity index (χ2n) is 9.30. The van der Waals surface area contributed by atoms with Crippen LogP contribution in [0, 0.1) is 5.92 Å². The van der Waals surface area contributed by atoms with Crippen molar-refractivity contribution in [3.05, 3.63) is 35.9 Å². The number of hydrogen-bond acceptors (Lipinski definition) is 6. The van der Waals surface area contributed by atoms with E-state index < -0.39 is 36.4 Å². The van der Waals surface area contributed by atoms with Crippen molar-refractivity contribution in [3.8, 4) is 0 Å². The van der Waals surface area contributed by atoms with Crippen LogP contribution in [0.3, 0.4) is 0 Å². The van der Waals surface area contributed by atoms with Crippen LogP contribution in [-0.4, -0.2) is 58.3 Å². The fourth-order valence-electron chi connectivity index (χ4n) is 4.41. The lowest BCUT2D eigenvalue weighted by Gasteiger charge is -2.34. The quantitative estimate of drug-likeness (QED) is 0.641. The zero-order valence-electron chi connectivity index (χ0n) is 18.4. The molecule has 2 fully saturated rings. The number of carbonyl (C=O) groups is 3. The number of aliphatic hydroxyl groups is 1. The second kappa shape index (κ2) is 9.68. The molecule has 0 spiro atoms. The Hall–Kier alpha value is -2.61. The maximum Gasteiger partial charge on any atom is 0.411 e. The molecule has 8 nitrogen and oxygen atoms in total. The zero-order valence-corrected chi connectivity index (χ0v) is 18.4. The van der Waals surface area contributed by atoms with Gasteiger partial charge in [0, 0.05) is 6.04 Å². The molecule has 1 aliphatic heterocycles. The average molecular weight is 433 g/mol. The Morgan fingerprint density at radius 3 is 2.55 bits per heavy atom. The molecule has 0 unspecified atom stereocenters. The monoisotopic (exact) mass is 432 g/mol. The predicted molar refractivity (Wildman–Crippen MR) is 113 cm³/mol. The minimum atomic E-state index is -0.774. The second-order valence-corrected chi connectivity index (χ2v) is 9.30. The molecule has 2 amide bonds. The number of esters is 1. The van der Waals surface area contributed by atoms with Crippen molar-refractivity contribution in [2.45, 2.75) is 76.8 Å². The third kappa shape index (κ3) is 5.97. The molecule has 2 N–H and O–H groups in total. The van der Waals surface area contributed by atoms with E-state index in [4.69, 9.17) is 9.47 Å². The van der Waals surface area contributed by atoms with Gasteiger partial charge in [0.05, 0.1) is 19.1 Å². The molecule has 1 aromatic rings. The number of benzene rings is 1. The molecule has 1 saturated heterocycles. The van der Waals surface area contributed by atoms with Gasteiger partial charge in [0.25, 0.3) is 0 Å². The highest BCUT2D eigenvalue weighted by Gasteiger charge is 2.52. The minimum absolute atomic E-state index is 0.0255. The van der Waals surface area contributed by atoms with Gasteiger partial charge in [0.15, 0.2) is 0 Å². The zero-order chi connectivity index (χ0) is 22.6. The predicted octanol–water partition coefficient (Wildman–Crippen LogP) is 2.38. The highest BCUT2D eigenvalue weighted by molar-refractivity contribution is 5.87. The molecular formula is C23H32N2O6. The van der Waals surface area contributed by atoms with E-state index in [1.807, 2.05) is 30.3 Å². The Balaban J connectivity index is 1.61. The van der Waals surface area contributed by atoms with Gasteiger partial charge in [-0.15, -0.1) is 0 Å². The molecule has 3 rings (SSSR count). The van der Waals surface area contributed by atoms with E-state index >= 15 is 0 Å². The molecule has 1 saturated carbocycles. The summed E-state index contributed by atoms with van der Waals surface area (Å²) < 4.78 is 10.8. The van der Waals surface area contributed by atoms with Crippen molar-refractivity contribution < 1.29 is 29.0 Å². The summed E-state index contributed by atoms with van der Waals surface area (Å²) in [5, 5.41) is 12.4. The van der Waals surface area contributed by atoms with Crippen LogP contribution in [0.25, 0.3) is 0 Å². The van der Waals surface area contributed by atoms with Gasteiger partial charge in [-0.1, -0.05) is 30.3 Å². The number of carbonyl (C=O) groups excluding carboxylic acids is 3. The van der Waals surface area contributed by atoms with Gasteiger partial charge >= 0.3 is 12.1 Å². The Labute approximate surface area is 182 Å². The Morgan fingerprint density at radius 2 is 1.90 bits per heavy atom. The summed E-state index contributed by atoms with van der Waals surface area (Å²) in [4.78, 5) is 39.5. The number of piperidine rings is 1. The summed E-state index contributed by atoms with van der Waals surface area (Å²) in [5.41, 5.74) is 0.226. The maximum absolute atomic E-state index is 13.0.